The van der Waals surface area contributed by atoms with Gasteiger partial charge in [0.2, 0.25) is 0 Å². The first-order valence-corrected chi connectivity index (χ1v) is 10.6. The molecule has 1 spiro atoms. The van der Waals surface area contributed by atoms with Gasteiger partial charge in [-0.1, -0.05) is 27.7 Å². The van der Waals surface area contributed by atoms with E-state index < -0.39 is 22.6 Å². The zero-order valence-corrected chi connectivity index (χ0v) is 20.1. The van der Waals surface area contributed by atoms with Crippen LogP contribution >= 0.6 is 0 Å². The Morgan fingerprint density at radius 2 is 1.17 bits per heavy atom. The molecular formula is C25H36O4. The van der Waals surface area contributed by atoms with Crippen LogP contribution in [0.3, 0.4) is 0 Å². The van der Waals surface area contributed by atoms with E-state index in [1.54, 1.807) is 0 Å². The van der Waals surface area contributed by atoms with Crippen LogP contribution in [0.5, 0.6) is 5.75 Å². The van der Waals surface area contributed by atoms with Gasteiger partial charge >= 0.3 is 5.97 Å². The Kier molecular flexibility index (Phi) is 3.85. The lowest BCUT2D eigenvalue weighted by atomic mass is 9.59. The molecule has 2 aromatic rings. The van der Waals surface area contributed by atoms with Crippen molar-refractivity contribution in [1.82, 2.24) is 0 Å². The second kappa shape index (κ2) is 5.39. The van der Waals surface area contributed by atoms with Crippen LogP contribution in [0.15, 0.2) is 4.42 Å². The maximum atomic E-state index is 6.78. The Hall–Kier alpha value is -1.52. The van der Waals surface area contributed by atoms with Gasteiger partial charge in [0.25, 0.3) is 0 Å². The van der Waals surface area contributed by atoms with Crippen LogP contribution in [0, 0.1) is 33.1 Å². The van der Waals surface area contributed by atoms with E-state index in [-0.39, 0.29) is 5.41 Å². The van der Waals surface area contributed by atoms with E-state index >= 15 is 0 Å². The highest BCUT2D eigenvalue weighted by atomic mass is 16.9. The van der Waals surface area contributed by atoms with Crippen LogP contribution in [-0.2, 0) is 14.9 Å². The van der Waals surface area contributed by atoms with Crippen LogP contribution in [-0.4, -0.2) is 17.2 Å². The molecule has 1 fully saturated rings. The fourth-order valence-corrected chi connectivity index (χ4v) is 4.94. The third-order valence-electron chi connectivity index (χ3n) is 8.55. The molecular weight excluding hydrogens is 364 g/mol. The molecule has 0 aliphatic carbocycles. The van der Waals surface area contributed by atoms with Gasteiger partial charge < -0.3 is 18.6 Å². The Bertz CT molecular complexity index is 1020. The van der Waals surface area contributed by atoms with E-state index in [4.69, 9.17) is 18.6 Å². The zero-order valence-electron chi connectivity index (χ0n) is 20.1. The molecule has 160 valence electrons. The third-order valence-corrected chi connectivity index (χ3v) is 8.55. The molecule has 0 bridgehead atoms. The summed E-state index contributed by atoms with van der Waals surface area (Å²) < 4.78 is 26.4. The minimum atomic E-state index is -1.21. The summed E-state index contributed by atoms with van der Waals surface area (Å²) in [6, 6.07) is 0. The van der Waals surface area contributed by atoms with Crippen molar-refractivity contribution in [3.63, 3.8) is 0 Å². The number of benzene rings is 1. The summed E-state index contributed by atoms with van der Waals surface area (Å²) in [6.07, 6.45) is 0. The van der Waals surface area contributed by atoms with Crippen LogP contribution in [0.1, 0.15) is 83.4 Å². The van der Waals surface area contributed by atoms with Crippen LogP contribution in [0.25, 0.3) is 11.0 Å². The van der Waals surface area contributed by atoms with E-state index in [0.29, 0.717) is 0 Å². The molecule has 1 aromatic carbocycles. The maximum Gasteiger partial charge on any atom is 0.334 e. The lowest BCUT2D eigenvalue weighted by molar-refractivity contribution is -0.381. The monoisotopic (exact) mass is 400 g/mol. The van der Waals surface area contributed by atoms with Gasteiger partial charge in [-0.15, -0.1) is 0 Å². The lowest BCUT2D eigenvalue weighted by Gasteiger charge is -2.55. The highest BCUT2D eigenvalue weighted by Crippen LogP contribution is 2.64. The number of ether oxygens (including phenoxy) is 3. The quantitative estimate of drug-likeness (QED) is 0.498. The summed E-state index contributed by atoms with van der Waals surface area (Å²) in [7, 11) is 0. The number of hydrogen-bond acceptors (Lipinski definition) is 4. The molecule has 0 N–H and O–H groups in total. The summed E-state index contributed by atoms with van der Waals surface area (Å²) in [5.41, 5.74) is 3.90. The summed E-state index contributed by atoms with van der Waals surface area (Å²) in [5.74, 6) is 0.474. The highest BCUT2D eigenvalue weighted by Gasteiger charge is 2.71. The molecule has 0 atom stereocenters. The molecule has 0 amide bonds. The fraction of sp³-hybridized carbons (Fsp3) is 0.680. The second-order valence-corrected chi connectivity index (χ2v) is 11.1. The van der Waals surface area contributed by atoms with Crippen LogP contribution in [0.4, 0.5) is 0 Å². The minimum Gasteiger partial charge on any atom is -0.457 e. The second-order valence-electron chi connectivity index (χ2n) is 11.1. The molecule has 2 aliphatic rings. The predicted octanol–water partition coefficient (Wildman–Crippen LogP) is 6.62. The zero-order chi connectivity index (χ0) is 21.9. The van der Waals surface area contributed by atoms with Crippen molar-refractivity contribution in [3.8, 4) is 5.75 Å². The Balaban J connectivity index is 2.10. The molecule has 1 saturated heterocycles. The molecule has 0 saturated carbocycles. The number of aryl methyl sites for hydroxylation is 3. The summed E-state index contributed by atoms with van der Waals surface area (Å²) >= 11 is 0. The Morgan fingerprint density at radius 3 is 1.69 bits per heavy atom. The van der Waals surface area contributed by atoms with Crippen molar-refractivity contribution in [2.24, 2.45) is 5.41 Å². The molecule has 29 heavy (non-hydrogen) atoms. The van der Waals surface area contributed by atoms with Crippen LogP contribution < -0.4 is 4.74 Å². The van der Waals surface area contributed by atoms with Crippen molar-refractivity contribution in [3.05, 3.63) is 28.0 Å². The molecule has 4 rings (SSSR count). The van der Waals surface area contributed by atoms with Gasteiger partial charge in [0.1, 0.15) is 5.76 Å². The summed E-state index contributed by atoms with van der Waals surface area (Å²) in [4.78, 5) is 0. The van der Waals surface area contributed by atoms with Gasteiger partial charge in [0.15, 0.2) is 11.3 Å². The lowest BCUT2D eigenvalue weighted by Crippen LogP contribution is -2.62. The summed E-state index contributed by atoms with van der Waals surface area (Å²) in [6.45, 7) is 25.7. The van der Waals surface area contributed by atoms with Crippen LogP contribution in [0.2, 0.25) is 0 Å². The molecule has 3 heterocycles. The predicted molar refractivity (Wildman–Crippen MR) is 116 cm³/mol. The van der Waals surface area contributed by atoms with Gasteiger partial charge in [-0.05, 0) is 72.1 Å². The van der Waals surface area contributed by atoms with Gasteiger partial charge in [-0.3, -0.25) is 0 Å². The van der Waals surface area contributed by atoms with E-state index in [1.165, 1.54) is 16.7 Å². The molecule has 0 radical (unpaired) electrons. The van der Waals surface area contributed by atoms with Gasteiger partial charge in [0.05, 0.1) is 16.6 Å². The average Bonchev–Trinajstić information content (AvgIpc) is 2.95. The summed E-state index contributed by atoms with van der Waals surface area (Å²) in [5, 5.41) is 1.14. The fourth-order valence-electron chi connectivity index (χ4n) is 4.94. The number of fused-ring (bicyclic) bond motifs is 3. The van der Waals surface area contributed by atoms with E-state index in [0.717, 1.165) is 28.0 Å². The molecule has 1 aromatic heterocycles. The molecule has 0 unspecified atom stereocenters. The van der Waals surface area contributed by atoms with Crippen molar-refractivity contribution < 1.29 is 18.6 Å². The molecule has 4 heteroatoms. The van der Waals surface area contributed by atoms with E-state index in [9.17, 15) is 0 Å². The smallest absolute Gasteiger partial charge is 0.334 e. The third kappa shape index (κ3) is 2.22. The van der Waals surface area contributed by atoms with Crippen molar-refractivity contribution in [1.29, 1.82) is 0 Å². The van der Waals surface area contributed by atoms with Crippen molar-refractivity contribution >= 4 is 11.0 Å². The topological polar surface area (TPSA) is 40.8 Å². The van der Waals surface area contributed by atoms with E-state index in [1.807, 2.05) is 6.92 Å². The van der Waals surface area contributed by atoms with Crippen molar-refractivity contribution in [2.75, 3.05) is 0 Å². The first-order chi connectivity index (χ1) is 13.0. The van der Waals surface area contributed by atoms with Gasteiger partial charge in [-0.25, -0.2) is 0 Å². The minimum absolute atomic E-state index is 0.283. The Morgan fingerprint density at radius 1 is 0.655 bits per heavy atom. The molecule has 2 aliphatic heterocycles. The largest absolute Gasteiger partial charge is 0.457 e. The normalized spacial score (nSPS) is 25.2. The highest BCUT2D eigenvalue weighted by molar-refractivity contribution is 5.93. The van der Waals surface area contributed by atoms with Crippen molar-refractivity contribution in [2.45, 2.75) is 106 Å². The first-order valence-electron chi connectivity index (χ1n) is 10.6. The van der Waals surface area contributed by atoms with Gasteiger partial charge in [0, 0.05) is 16.4 Å². The van der Waals surface area contributed by atoms with E-state index in [2.05, 4.69) is 76.2 Å². The SMILES string of the molecule is Cc1oc2c3c(c(C)c(C)c2c1C)C(C)(C)C(C)(C)C1(O3)OC(C)(C)C(C)(C)O1. The maximum absolute atomic E-state index is 6.78. The first kappa shape index (κ1) is 20.7. The standard InChI is InChI=1S/C25H36O4/c1-13-14(2)18-20(19-17(13)15(3)16(4)26-19)27-25(22(7,8)21(18,5)6)28-23(9,10)24(11,12)29-25/h1-12H3. The van der Waals surface area contributed by atoms with Gasteiger partial charge in [-0.2, -0.15) is 0 Å². The number of furan rings is 1. The number of hydrogen-bond donors (Lipinski definition) is 0. The number of rotatable bonds is 0. The molecule has 4 nitrogen and oxygen atoms in total. The Labute approximate surface area is 174 Å². The average molecular weight is 401 g/mol.